The van der Waals surface area contributed by atoms with E-state index >= 15 is 0 Å². The summed E-state index contributed by atoms with van der Waals surface area (Å²) in [5.41, 5.74) is 3.17. The standard InChI is InChI=1S/C17H19BrN2O/c1-12-10-15(8-9-16(12)18)20-13(2)17(21)19-11-14-6-4-3-5-7-14/h3-10,13,20H,11H2,1-2H3,(H,19,21)/t13-/m1/s1. The van der Waals surface area contributed by atoms with Crippen LogP contribution in [0, 0.1) is 6.92 Å². The van der Waals surface area contributed by atoms with Crippen LogP contribution in [-0.4, -0.2) is 11.9 Å². The molecule has 2 aromatic carbocycles. The fourth-order valence-electron chi connectivity index (χ4n) is 1.99. The van der Waals surface area contributed by atoms with Crippen LogP contribution in [0.2, 0.25) is 0 Å². The van der Waals surface area contributed by atoms with E-state index in [1.165, 1.54) is 0 Å². The zero-order chi connectivity index (χ0) is 15.2. The van der Waals surface area contributed by atoms with Gasteiger partial charge in [0.25, 0.3) is 0 Å². The minimum Gasteiger partial charge on any atom is -0.374 e. The molecule has 21 heavy (non-hydrogen) atoms. The van der Waals surface area contributed by atoms with Gasteiger partial charge in [0.1, 0.15) is 6.04 Å². The van der Waals surface area contributed by atoms with Crippen molar-refractivity contribution in [3.63, 3.8) is 0 Å². The van der Waals surface area contributed by atoms with E-state index in [0.717, 1.165) is 21.3 Å². The number of nitrogens with one attached hydrogen (secondary N) is 2. The first kappa shape index (κ1) is 15.6. The summed E-state index contributed by atoms with van der Waals surface area (Å²) in [6.45, 7) is 4.43. The van der Waals surface area contributed by atoms with Crippen molar-refractivity contribution in [2.24, 2.45) is 0 Å². The highest BCUT2D eigenvalue weighted by atomic mass is 79.9. The molecule has 2 aromatic rings. The minimum atomic E-state index is -0.283. The maximum Gasteiger partial charge on any atom is 0.242 e. The number of hydrogen-bond acceptors (Lipinski definition) is 2. The van der Waals surface area contributed by atoms with Crippen molar-refractivity contribution in [2.75, 3.05) is 5.32 Å². The van der Waals surface area contributed by atoms with Gasteiger partial charge in [-0.2, -0.15) is 0 Å². The summed E-state index contributed by atoms with van der Waals surface area (Å²) in [4.78, 5) is 12.1. The van der Waals surface area contributed by atoms with E-state index in [1.54, 1.807) is 0 Å². The van der Waals surface area contributed by atoms with Gasteiger partial charge in [0, 0.05) is 16.7 Å². The van der Waals surface area contributed by atoms with Crippen LogP contribution in [-0.2, 0) is 11.3 Å². The molecule has 0 heterocycles. The van der Waals surface area contributed by atoms with E-state index in [2.05, 4.69) is 26.6 Å². The molecule has 0 bridgehead atoms. The topological polar surface area (TPSA) is 41.1 Å². The maximum atomic E-state index is 12.1. The van der Waals surface area contributed by atoms with Crippen molar-refractivity contribution in [1.82, 2.24) is 5.32 Å². The molecule has 1 atom stereocenters. The summed E-state index contributed by atoms with van der Waals surface area (Å²) in [6.07, 6.45) is 0. The molecule has 0 radical (unpaired) electrons. The fraction of sp³-hybridized carbons (Fsp3) is 0.235. The molecular weight excluding hydrogens is 328 g/mol. The van der Waals surface area contributed by atoms with Gasteiger partial charge in [-0.25, -0.2) is 0 Å². The summed E-state index contributed by atoms with van der Waals surface area (Å²) in [5, 5.41) is 6.15. The number of hydrogen-bond donors (Lipinski definition) is 2. The Morgan fingerprint density at radius 2 is 1.90 bits per heavy atom. The van der Waals surface area contributed by atoms with Crippen molar-refractivity contribution in [3.8, 4) is 0 Å². The van der Waals surface area contributed by atoms with Crippen LogP contribution in [0.5, 0.6) is 0 Å². The first-order valence-corrected chi connectivity index (χ1v) is 7.70. The first-order valence-electron chi connectivity index (χ1n) is 6.90. The number of aryl methyl sites for hydroxylation is 1. The van der Waals surface area contributed by atoms with Crippen LogP contribution in [0.15, 0.2) is 53.0 Å². The normalized spacial score (nSPS) is 11.8. The Bertz CT molecular complexity index is 613. The minimum absolute atomic E-state index is 0.0144. The lowest BCUT2D eigenvalue weighted by Crippen LogP contribution is -2.37. The number of rotatable bonds is 5. The van der Waals surface area contributed by atoms with E-state index in [4.69, 9.17) is 0 Å². The van der Waals surface area contributed by atoms with Gasteiger partial charge in [-0.3, -0.25) is 4.79 Å². The van der Waals surface area contributed by atoms with E-state index in [-0.39, 0.29) is 11.9 Å². The van der Waals surface area contributed by atoms with Crippen molar-refractivity contribution < 1.29 is 4.79 Å². The molecule has 3 nitrogen and oxygen atoms in total. The van der Waals surface area contributed by atoms with Gasteiger partial charge in [0.15, 0.2) is 0 Å². The summed E-state index contributed by atoms with van der Waals surface area (Å²) >= 11 is 3.47. The molecule has 0 aromatic heterocycles. The number of carbonyl (C=O) groups excluding carboxylic acids is 1. The van der Waals surface area contributed by atoms with Gasteiger partial charge in [0.05, 0.1) is 0 Å². The first-order chi connectivity index (χ1) is 10.1. The molecule has 0 spiro atoms. The predicted molar refractivity (Wildman–Crippen MR) is 90.3 cm³/mol. The van der Waals surface area contributed by atoms with E-state index in [1.807, 2.05) is 62.4 Å². The summed E-state index contributed by atoms with van der Waals surface area (Å²) in [7, 11) is 0. The molecule has 2 rings (SSSR count). The van der Waals surface area contributed by atoms with E-state index in [0.29, 0.717) is 6.54 Å². The van der Waals surface area contributed by atoms with Crippen LogP contribution >= 0.6 is 15.9 Å². The highest BCUT2D eigenvalue weighted by Gasteiger charge is 2.12. The Balaban J connectivity index is 1.88. The number of anilines is 1. The average molecular weight is 347 g/mol. The van der Waals surface area contributed by atoms with Gasteiger partial charge in [0.2, 0.25) is 5.91 Å². The van der Waals surface area contributed by atoms with Gasteiger partial charge >= 0.3 is 0 Å². The lowest BCUT2D eigenvalue weighted by Gasteiger charge is -2.16. The third-order valence-electron chi connectivity index (χ3n) is 3.24. The summed E-state index contributed by atoms with van der Waals surface area (Å²) in [5.74, 6) is -0.0144. The van der Waals surface area contributed by atoms with Crippen LogP contribution < -0.4 is 10.6 Å². The molecule has 0 aliphatic heterocycles. The second-order valence-corrected chi connectivity index (χ2v) is 5.89. The van der Waals surface area contributed by atoms with Gasteiger partial charge in [-0.15, -0.1) is 0 Å². The van der Waals surface area contributed by atoms with Gasteiger partial charge in [-0.05, 0) is 43.2 Å². The highest BCUT2D eigenvalue weighted by Crippen LogP contribution is 2.20. The molecule has 0 saturated heterocycles. The number of carbonyl (C=O) groups is 1. The second kappa shape index (κ2) is 7.27. The van der Waals surface area contributed by atoms with Gasteiger partial charge in [-0.1, -0.05) is 46.3 Å². The average Bonchev–Trinajstić information content (AvgIpc) is 2.49. The lowest BCUT2D eigenvalue weighted by atomic mass is 10.2. The third kappa shape index (κ3) is 4.60. The Morgan fingerprint density at radius 1 is 1.19 bits per heavy atom. The van der Waals surface area contributed by atoms with Crippen LogP contribution in [0.1, 0.15) is 18.1 Å². The summed E-state index contributed by atoms with van der Waals surface area (Å²) in [6, 6.07) is 15.6. The van der Waals surface area contributed by atoms with E-state index in [9.17, 15) is 4.79 Å². The Labute approximate surface area is 133 Å². The molecule has 2 N–H and O–H groups in total. The zero-order valence-electron chi connectivity index (χ0n) is 12.2. The second-order valence-electron chi connectivity index (χ2n) is 5.03. The molecule has 0 unspecified atom stereocenters. The number of amides is 1. The van der Waals surface area contributed by atoms with E-state index < -0.39 is 0 Å². The fourth-order valence-corrected chi connectivity index (χ4v) is 2.23. The lowest BCUT2D eigenvalue weighted by molar-refractivity contribution is -0.121. The molecule has 0 aliphatic rings. The Kier molecular flexibility index (Phi) is 5.39. The van der Waals surface area contributed by atoms with Gasteiger partial charge < -0.3 is 10.6 Å². The monoisotopic (exact) mass is 346 g/mol. The molecule has 110 valence electrons. The molecule has 4 heteroatoms. The third-order valence-corrected chi connectivity index (χ3v) is 4.13. The molecular formula is C17H19BrN2O. The van der Waals surface area contributed by atoms with Crippen LogP contribution in [0.3, 0.4) is 0 Å². The van der Waals surface area contributed by atoms with Crippen molar-refractivity contribution in [3.05, 3.63) is 64.1 Å². The van der Waals surface area contributed by atoms with Crippen molar-refractivity contribution in [2.45, 2.75) is 26.4 Å². The predicted octanol–water partition coefficient (Wildman–Crippen LogP) is 3.87. The Morgan fingerprint density at radius 3 is 2.57 bits per heavy atom. The molecule has 1 amide bonds. The molecule has 0 aliphatic carbocycles. The largest absolute Gasteiger partial charge is 0.374 e. The number of benzene rings is 2. The van der Waals surface area contributed by atoms with Crippen LogP contribution in [0.25, 0.3) is 0 Å². The van der Waals surface area contributed by atoms with Crippen molar-refractivity contribution >= 4 is 27.5 Å². The quantitative estimate of drug-likeness (QED) is 0.862. The van der Waals surface area contributed by atoms with Crippen molar-refractivity contribution in [1.29, 1.82) is 0 Å². The molecule has 0 saturated carbocycles. The number of halogens is 1. The Hall–Kier alpha value is -1.81. The smallest absolute Gasteiger partial charge is 0.242 e. The van der Waals surface area contributed by atoms with Crippen LogP contribution in [0.4, 0.5) is 5.69 Å². The highest BCUT2D eigenvalue weighted by molar-refractivity contribution is 9.10. The zero-order valence-corrected chi connectivity index (χ0v) is 13.8. The SMILES string of the molecule is Cc1cc(N[C@H](C)C(=O)NCc2ccccc2)ccc1Br. The maximum absolute atomic E-state index is 12.1. The molecule has 0 fully saturated rings. The summed E-state index contributed by atoms with van der Waals surface area (Å²) < 4.78 is 1.06.